The van der Waals surface area contributed by atoms with Gasteiger partial charge in [-0.05, 0) is 52.5 Å². The van der Waals surface area contributed by atoms with Crippen molar-refractivity contribution in [1.82, 2.24) is 0 Å². The Balaban J connectivity index is 1.55. The first-order valence-electron chi connectivity index (χ1n) is 8.61. The minimum Gasteiger partial charge on any atom is -0.461 e. The normalized spacial score (nSPS) is 22.3. The Bertz CT molecular complexity index is 1080. The number of fused-ring (bicyclic) bond motifs is 1. The first kappa shape index (κ1) is 17.9. The van der Waals surface area contributed by atoms with Gasteiger partial charge in [-0.2, -0.15) is 4.99 Å². The lowest BCUT2D eigenvalue weighted by molar-refractivity contribution is -0.803. The lowest BCUT2D eigenvalue weighted by Crippen LogP contribution is -2.50. The number of hydrogen-bond acceptors (Lipinski definition) is 7. The summed E-state index contributed by atoms with van der Waals surface area (Å²) in [6, 6.07) is 10.8. The molecule has 2 aromatic rings. The summed E-state index contributed by atoms with van der Waals surface area (Å²) in [5, 5.41) is 15.0. The van der Waals surface area contributed by atoms with Gasteiger partial charge >= 0.3 is 0 Å². The highest BCUT2D eigenvalue weighted by atomic mass is 16.3. The smallest absolute Gasteiger partial charge is 0.300 e. The molecule has 0 spiro atoms. The average molecular weight is 375 g/mol. The summed E-state index contributed by atoms with van der Waals surface area (Å²) in [6.07, 6.45) is 4.98. The number of rotatable bonds is 3. The molecular weight excluding hydrogens is 356 g/mol. The molecule has 2 aliphatic rings. The molecule has 0 saturated heterocycles. The number of anilines is 1. The van der Waals surface area contributed by atoms with Crippen molar-refractivity contribution in [1.29, 1.82) is 0 Å². The summed E-state index contributed by atoms with van der Waals surface area (Å²) in [4.78, 5) is 8.61. The van der Waals surface area contributed by atoms with Crippen LogP contribution >= 0.6 is 0 Å². The van der Waals surface area contributed by atoms with E-state index in [1.807, 2.05) is 12.1 Å². The molecule has 2 aliphatic heterocycles. The predicted octanol–water partition coefficient (Wildman–Crippen LogP) is 1.55. The Morgan fingerprint density at radius 2 is 2.04 bits per heavy atom. The number of allylic oxidation sites excluding steroid dienone is 1. The summed E-state index contributed by atoms with van der Waals surface area (Å²) in [5.41, 5.74) is 6.44. The van der Waals surface area contributed by atoms with Crippen LogP contribution in [0.15, 0.2) is 74.1 Å². The molecule has 4 rings (SSSR count). The van der Waals surface area contributed by atoms with Gasteiger partial charge in [-0.15, -0.1) is 5.84 Å². The lowest BCUT2D eigenvalue weighted by Gasteiger charge is -2.19. The van der Waals surface area contributed by atoms with Crippen LogP contribution in [0.5, 0.6) is 0 Å². The van der Waals surface area contributed by atoms with Gasteiger partial charge in [0.05, 0.1) is 6.26 Å². The zero-order valence-corrected chi connectivity index (χ0v) is 15.2. The van der Waals surface area contributed by atoms with Crippen molar-refractivity contribution in [2.24, 2.45) is 20.9 Å². The number of amidine groups is 2. The standard InChI is InChI=1S/C20H19N6O2/c1-20(27,11-14-4-6-15(21)7-5-14)9-8-16-13-26(22)18(12-23-16)24-19(25-26)17-3-2-10-28-17/h2-7,10,12-13,27H,11,21-22H2,1H3/q+1. The van der Waals surface area contributed by atoms with E-state index in [1.165, 1.54) is 6.21 Å². The van der Waals surface area contributed by atoms with Gasteiger partial charge in [0.1, 0.15) is 11.8 Å². The summed E-state index contributed by atoms with van der Waals surface area (Å²) >= 11 is 0. The molecule has 2 atom stereocenters. The van der Waals surface area contributed by atoms with Crippen LogP contribution in [-0.2, 0) is 6.42 Å². The quantitative estimate of drug-likeness (QED) is 0.326. The maximum absolute atomic E-state index is 10.6. The van der Waals surface area contributed by atoms with E-state index in [2.05, 4.69) is 26.9 Å². The monoisotopic (exact) mass is 375 g/mol. The molecule has 28 heavy (non-hydrogen) atoms. The molecule has 8 heteroatoms. The number of benzene rings is 1. The van der Waals surface area contributed by atoms with Gasteiger partial charge in [0.15, 0.2) is 17.7 Å². The average Bonchev–Trinajstić information content (AvgIpc) is 3.28. The zero-order valence-electron chi connectivity index (χ0n) is 15.2. The molecule has 1 aromatic carbocycles. The van der Waals surface area contributed by atoms with Crippen LogP contribution in [0.3, 0.4) is 0 Å². The van der Waals surface area contributed by atoms with Crippen molar-refractivity contribution >= 4 is 23.6 Å². The molecular formula is C20H19N6O2+. The highest BCUT2D eigenvalue weighted by molar-refractivity contribution is 6.31. The van der Waals surface area contributed by atoms with Crippen LogP contribution in [-0.4, -0.2) is 33.3 Å². The minimum atomic E-state index is -1.24. The third-order valence-corrected chi connectivity index (χ3v) is 4.22. The molecule has 1 aromatic heterocycles. The van der Waals surface area contributed by atoms with Crippen LogP contribution in [0.1, 0.15) is 18.2 Å². The molecule has 0 amide bonds. The van der Waals surface area contributed by atoms with Crippen LogP contribution < -0.4 is 11.6 Å². The van der Waals surface area contributed by atoms with Crippen molar-refractivity contribution in [3.05, 3.63) is 65.9 Å². The topological polar surface area (TPSA) is 122 Å². The molecule has 0 saturated carbocycles. The highest BCUT2D eigenvalue weighted by Crippen LogP contribution is 2.21. The van der Waals surface area contributed by atoms with Crippen molar-refractivity contribution in [2.45, 2.75) is 18.9 Å². The molecule has 5 N–H and O–H groups in total. The maximum atomic E-state index is 10.6. The largest absolute Gasteiger partial charge is 0.461 e. The van der Waals surface area contributed by atoms with E-state index in [9.17, 15) is 5.11 Å². The number of nitrogen functional groups attached to an aromatic ring is 1. The van der Waals surface area contributed by atoms with Crippen molar-refractivity contribution in [3.63, 3.8) is 0 Å². The number of aliphatic hydroxyl groups is 1. The molecule has 140 valence electrons. The van der Waals surface area contributed by atoms with E-state index in [0.717, 1.165) is 5.56 Å². The second kappa shape index (κ2) is 6.58. The summed E-state index contributed by atoms with van der Waals surface area (Å²) in [5.74, 6) is 13.4. The van der Waals surface area contributed by atoms with Crippen LogP contribution in [0.25, 0.3) is 0 Å². The van der Waals surface area contributed by atoms with Gasteiger partial charge in [-0.1, -0.05) is 18.1 Å². The SMILES string of the molecule is CC(O)(C#CC1=C[N+]2(N)N=C(c3ccco3)N=C2C=N1)Cc1ccc(N)cc1. The second-order valence-corrected chi connectivity index (χ2v) is 6.82. The highest BCUT2D eigenvalue weighted by Gasteiger charge is 2.39. The van der Waals surface area contributed by atoms with Crippen LogP contribution in [0.2, 0.25) is 0 Å². The molecule has 8 nitrogen and oxygen atoms in total. The first-order valence-corrected chi connectivity index (χ1v) is 8.61. The minimum absolute atomic E-state index is 0.355. The summed E-state index contributed by atoms with van der Waals surface area (Å²) in [6.45, 7) is 1.64. The van der Waals surface area contributed by atoms with Crippen molar-refractivity contribution in [3.8, 4) is 11.8 Å². The van der Waals surface area contributed by atoms with E-state index in [-0.39, 0.29) is 0 Å². The van der Waals surface area contributed by atoms with Gasteiger partial charge in [-0.25, -0.2) is 4.99 Å². The maximum Gasteiger partial charge on any atom is 0.300 e. The van der Waals surface area contributed by atoms with Gasteiger partial charge in [-0.3, -0.25) is 0 Å². The molecule has 2 unspecified atom stereocenters. The van der Waals surface area contributed by atoms with E-state index in [1.54, 1.807) is 43.7 Å². The third-order valence-electron chi connectivity index (χ3n) is 4.22. The van der Waals surface area contributed by atoms with Gasteiger partial charge < -0.3 is 15.3 Å². The van der Waals surface area contributed by atoms with Crippen molar-refractivity contribution < 1.29 is 14.2 Å². The van der Waals surface area contributed by atoms with E-state index < -0.39 is 10.3 Å². The number of nitrogens with zero attached hydrogens (tertiary/aromatic N) is 4. The third kappa shape index (κ3) is 3.63. The first-order chi connectivity index (χ1) is 13.3. The van der Waals surface area contributed by atoms with E-state index >= 15 is 0 Å². The van der Waals surface area contributed by atoms with Gasteiger partial charge in [0.2, 0.25) is 0 Å². The molecule has 3 heterocycles. The second-order valence-electron chi connectivity index (χ2n) is 6.82. The fraction of sp³-hybridized carbons (Fsp3) is 0.150. The number of aliphatic imine (C=N–C) groups is 2. The Kier molecular flexibility index (Phi) is 4.20. The summed E-state index contributed by atoms with van der Waals surface area (Å²) < 4.78 is 4.91. The number of quaternary nitrogens is 1. The molecule has 0 bridgehead atoms. The van der Waals surface area contributed by atoms with Gasteiger partial charge in [0.25, 0.3) is 11.7 Å². The number of nitrogens with two attached hydrogens (primary N) is 2. The number of hydrogen-bond donors (Lipinski definition) is 3. The molecule has 0 aliphatic carbocycles. The Labute approximate surface area is 161 Å². The molecule has 0 fully saturated rings. The Morgan fingerprint density at radius 1 is 1.25 bits per heavy atom. The van der Waals surface area contributed by atoms with Crippen LogP contribution in [0.4, 0.5) is 5.69 Å². The lowest BCUT2D eigenvalue weighted by atomic mass is 9.97. The predicted molar refractivity (Wildman–Crippen MR) is 107 cm³/mol. The fourth-order valence-corrected chi connectivity index (χ4v) is 2.83. The van der Waals surface area contributed by atoms with Crippen LogP contribution in [0, 0.1) is 11.8 Å². The van der Waals surface area contributed by atoms with E-state index in [0.29, 0.717) is 35.2 Å². The van der Waals surface area contributed by atoms with E-state index in [4.69, 9.17) is 16.0 Å². The Morgan fingerprint density at radius 3 is 2.75 bits per heavy atom. The van der Waals surface area contributed by atoms with Gasteiger partial charge in [0, 0.05) is 12.1 Å². The Hall–Kier alpha value is -3.51. The number of furan rings is 1. The molecule has 0 radical (unpaired) electrons. The fourth-order valence-electron chi connectivity index (χ4n) is 2.83. The van der Waals surface area contributed by atoms with Crippen molar-refractivity contribution in [2.75, 3.05) is 5.73 Å². The summed E-state index contributed by atoms with van der Waals surface area (Å²) in [7, 11) is 0. The zero-order chi connectivity index (χ0) is 19.8.